The van der Waals surface area contributed by atoms with Crippen LogP contribution in [0.5, 0.6) is 0 Å². The molecule has 3 heterocycles. The molecule has 3 aromatic heterocycles. The van der Waals surface area contributed by atoms with E-state index in [2.05, 4.69) is 88.0 Å². The maximum absolute atomic E-state index is 4.73. The van der Waals surface area contributed by atoms with Gasteiger partial charge in [-0.25, -0.2) is 0 Å². The van der Waals surface area contributed by atoms with Crippen molar-refractivity contribution in [1.82, 2.24) is 4.98 Å². The zero-order valence-corrected chi connectivity index (χ0v) is 19.6. The first-order valence-corrected chi connectivity index (χ1v) is 11.7. The van der Waals surface area contributed by atoms with Crippen LogP contribution in [0, 0.1) is 0 Å². The van der Waals surface area contributed by atoms with Crippen LogP contribution < -0.4 is 0 Å². The number of halogens is 4. The molecule has 0 fully saturated rings. The van der Waals surface area contributed by atoms with Crippen LogP contribution in [0.25, 0.3) is 43.2 Å². The molecule has 0 aliphatic rings. The van der Waals surface area contributed by atoms with Gasteiger partial charge in [-0.3, -0.25) is 4.98 Å². The van der Waals surface area contributed by atoms with Crippen molar-refractivity contribution in [2.75, 3.05) is 0 Å². The molecule has 2 aromatic carbocycles. The molecule has 0 amide bonds. The Morgan fingerprint density at radius 3 is 2.04 bits per heavy atom. The maximum Gasteiger partial charge on any atom is 0.0973 e. The number of hydrogen-bond acceptors (Lipinski definition) is 3. The molecule has 0 saturated carbocycles. The van der Waals surface area contributed by atoms with Gasteiger partial charge in [-0.2, -0.15) is 0 Å². The third-order valence-corrected chi connectivity index (χ3v) is 9.23. The van der Waals surface area contributed by atoms with Crippen molar-refractivity contribution in [3.8, 4) is 0 Å². The number of nitrogens with zero attached hydrogens (tertiary/aromatic N) is 1. The lowest BCUT2D eigenvalue weighted by atomic mass is 9.97. The average Bonchev–Trinajstić information content (AvgIpc) is 3.04. The van der Waals surface area contributed by atoms with E-state index < -0.39 is 0 Å². The van der Waals surface area contributed by atoms with Gasteiger partial charge in [0.15, 0.2) is 0 Å². The van der Waals surface area contributed by atoms with Crippen LogP contribution in [0.4, 0.5) is 0 Å². The molecule has 0 unspecified atom stereocenters. The Hall–Kier alpha value is -0.0500. The fourth-order valence-corrected chi connectivity index (χ4v) is 9.50. The molecule has 0 saturated heterocycles. The molecule has 24 heavy (non-hydrogen) atoms. The molecule has 0 bridgehead atoms. The monoisotopic (exact) mass is 603 g/mol. The standard InChI is InChI=1S/C17H5Br4NS2/c18-14-10-7-4-2-1-3-6(7)8-5-22-13-12(16(20)24-17(13)21)9(8)11(10)15(19)23-14/h1-5H. The lowest BCUT2D eigenvalue weighted by molar-refractivity contribution is 1.46. The highest BCUT2D eigenvalue weighted by atomic mass is 79.9. The number of pyridine rings is 1. The summed E-state index contributed by atoms with van der Waals surface area (Å²) in [5.74, 6) is 0. The van der Waals surface area contributed by atoms with Crippen LogP contribution in [-0.4, -0.2) is 4.98 Å². The topological polar surface area (TPSA) is 12.9 Å². The molecular formula is C17H5Br4NS2. The smallest absolute Gasteiger partial charge is 0.0973 e. The second-order valence-electron chi connectivity index (χ2n) is 5.37. The van der Waals surface area contributed by atoms with Gasteiger partial charge in [0.2, 0.25) is 0 Å². The normalized spacial score (nSPS) is 12.2. The maximum atomic E-state index is 4.73. The molecule has 0 aliphatic carbocycles. The van der Waals surface area contributed by atoms with Gasteiger partial charge in [-0.1, -0.05) is 24.3 Å². The molecular weight excluding hydrogens is 602 g/mol. The minimum Gasteiger partial charge on any atom is -0.253 e. The summed E-state index contributed by atoms with van der Waals surface area (Å²) < 4.78 is 4.45. The second-order valence-corrected chi connectivity index (χ2v) is 12.7. The van der Waals surface area contributed by atoms with Gasteiger partial charge in [-0.15, -0.1) is 22.7 Å². The predicted octanol–water partition coefficient (Wildman–Crippen LogP) is 8.87. The Labute approximate surface area is 178 Å². The van der Waals surface area contributed by atoms with E-state index in [0.717, 1.165) is 20.7 Å². The predicted molar refractivity (Wildman–Crippen MR) is 121 cm³/mol. The van der Waals surface area contributed by atoms with Crippen LogP contribution in [0.3, 0.4) is 0 Å². The van der Waals surface area contributed by atoms with Crippen LogP contribution in [0.2, 0.25) is 0 Å². The summed E-state index contributed by atoms with van der Waals surface area (Å²) in [6.45, 7) is 0. The van der Waals surface area contributed by atoms with E-state index in [1.807, 2.05) is 6.20 Å². The van der Waals surface area contributed by atoms with E-state index in [0.29, 0.717) is 0 Å². The Morgan fingerprint density at radius 2 is 1.25 bits per heavy atom. The van der Waals surface area contributed by atoms with E-state index >= 15 is 0 Å². The molecule has 1 nitrogen and oxygen atoms in total. The Bertz CT molecular complexity index is 1300. The largest absolute Gasteiger partial charge is 0.253 e. The molecule has 0 aliphatic heterocycles. The quantitative estimate of drug-likeness (QED) is 0.161. The van der Waals surface area contributed by atoms with Crippen molar-refractivity contribution < 1.29 is 0 Å². The number of benzene rings is 2. The molecule has 0 spiro atoms. The molecule has 0 atom stereocenters. The summed E-state index contributed by atoms with van der Waals surface area (Å²) in [5, 5.41) is 8.59. The van der Waals surface area contributed by atoms with Gasteiger partial charge in [0.1, 0.15) is 0 Å². The van der Waals surface area contributed by atoms with Gasteiger partial charge in [0, 0.05) is 33.1 Å². The number of aromatic nitrogens is 1. The zero-order chi connectivity index (χ0) is 16.6. The minimum atomic E-state index is 1.00. The van der Waals surface area contributed by atoms with Crippen molar-refractivity contribution in [2.24, 2.45) is 0 Å². The summed E-state index contributed by atoms with van der Waals surface area (Å²) in [4.78, 5) is 4.73. The van der Waals surface area contributed by atoms with Crippen molar-refractivity contribution in [3.05, 3.63) is 45.6 Å². The first kappa shape index (κ1) is 16.1. The highest BCUT2D eigenvalue weighted by Crippen LogP contribution is 2.51. The Kier molecular flexibility index (Phi) is 3.85. The number of hydrogen-bond donors (Lipinski definition) is 0. The van der Waals surface area contributed by atoms with E-state index in [1.54, 1.807) is 22.7 Å². The SMILES string of the molecule is Brc1sc(Br)c2c1ncc1c3ccccc3c3c(Br)sc(Br)c3c12. The van der Waals surface area contributed by atoms with E-state index in [9.17, 15) is 0 Å². The summed E-state index contributed by atoms with van der Waals surface area (Å²) in [7, 11) is 0. The van der Waals surface area contributed by atoms with Gasteiger partial charge in [0.05, 0.1) is 20.7 Å². The molecule has 0 N–H and O–H groups in total. The number of rotatable bonds is 0. The zero-order valence-electron chi connectivity index (χ0n) is 11.7. The van der Waals surface area contributed by atoms with Crippen LogP contribution in [-0.2, 0) is 0 Å². The summed E-state index contributed by atoms with van der Waals surface area (Å²) in [5.41, 5.74) is 1.00. The highest BCUT2D eigenvalue weighted by Gasteiger charge is 2.21. The molecule has 118 valence electrons. The van der Waals surface area contributed by atoms with Crippen LogP contribution in [0.15, 0.2) is 45.6 Å². The lowest BCUT2D eigenvalue weighted by Crippen LogP contribution is -1.85. The third kappa shape index (κ3) is 2.09. The number of thiophene rings is 2. The Balaban J connectivity index is 2.27. The summed E-state index contributed by atoms with van der Waals surface area (Å²) >= 11 is 18.3. The van der Waals surface area contributed by atoms with E-state index in [1.165, 1.54) is 37.7 Å². The van der Waals surface area contributed by atoms with Gasteiger partial charge in [-0.05, 0) is 74.5 Å². The first-order chi connectivity index (χ1) is 11.6. The molecule has 0 radical (unpaired) electrons. The first-order valence-electron chi connectivity index (χ1n) is 6.92. The highest BCUT2D eigenvalue weighted by molar-refractivity contribution is 9.12. The van der Waals surface area contributed by atoms with Gasteiger partial charge in [0.25, 0.3) is 0 Å². The van der Waals surface area contributed by atoms with Gasteiger partial charge >= 0.3 is 0 Å². The van der Waals surface area contributed by atoms with E-state index in [-0.39, 0.29) is 0 Å². The van der Waals surface area contributed by atoms with Crippen LogP contribution in [0.1, 0.15) is 0 Å². The molecule has 5 rings (SSSR count). The van der Waals surface area contributed by atoms with Crippen LogP contribution >= 0.6 is 86.4 Å². The van der Waals surface area contributed by atoms with Gasteiger partial charge < -0.3 is 0 Å². The average molecular weight is 607 g/mol. The number of fused-ring (bicyclic) bond motifs is 8. The summed E-state index contributed by atoms with van der Waals surface area (Å²) in [6.07, 6.45) is 2.00. The van der Waals surface area contributed by atoms with Crippen molar-refractivity contribution >= 4 is 130 Å². The van der Waals surface area contributed by atoms with Crippen molar-refractivity contribution in [2.45, 2.75) is 0 Å². The van der Waals surface area contributed by atoms with Crippen molar-refractivity contribution in [1.29, 1.82) is 0 Å². The van der Waals surface area contributed by atoms with Crippen molar-refractivity contribution in [3.63, 3.8) is 0 Å². The second kappa shape index (κ2) is 5.72. The lowest BCUT2D eigenvalue weighted by Gasteiger charge is -2.09. The van der Waals surface area contributed by atoms with E-state index in [4.69, 9.17) is 4.98 Å². The Morgan fingerprint density at radius 1 is 0.625 bits per heavy atom. The third-order valence-electron chi connectivity index (χ3n) is 4.20. The minimum absolute atomic E-state index is 1.00. The fraction of sp³-hybridized carbons (Fsp3) is 0. The molecule has 5 aromatic rings. The molecule has 7 heteroatoms. The fourth-order valence-electron chi connectivity index (χ4n) is 3.27. The summed E-state index contributed by atoms with van der Waals surface area (Å²) in [6, 6.07) is 8.54.